The lowest BCUT2D eigenvalue weighted by Gasteiger charge is -2.19. The molecule has 0 radical (unpaired) electrons. The van der Waals surface area contributed by atoms with Crippen molar-refractivity contribution in [2.24, 2.45) is 0 Å². The quantitative estimate of drug-likeness (QED) is 0.909. The van der Waals surface area contributed by atoms with Gasteiger partial charge in [0, 0.05) is 19.6 Å². The smallest absolute Gasteiger partial charge is 0.119 e. The van der Waals surface area contributed by atoms with Crippen molar-refractivity contribution in [1.82, 2.24) is 10.2 Å². The monoisotopic (exact) mass is 270 g/mol. The first-order valence-electron chi connectivity index (χ1n) is 6.53. The van der Waals surface area contributed by atoms with Crippen molar-refractivity contribution in [2.45, 2.75) is 19.9 Å². The molecule has 1 heterocycles. The van der Waals surface area contributed by atoms with E-state index in [-0.39, 0.29) is 12.4 Å². The molecule has 18 heavy (non-hydrogen) atoms. The van der Waals surface area contributed by atoms with Crippen molar-refractivity contribution in [2.75, 3.05) is 32.8 Å². The molecule has 2 rings (SSSR count). The van der Waals surface area contributed by atoms with Crippen LogP contribution in [0.3, 0.4) is 0 Å². The van der Waals surface area contributed by atoms with Crippen molar-refractivity contribution in [3.8, 4) is 5.75 Å². The number of nitrogens with one attached hydrogen (secondary N) is 1. The van der Waals surface area contributed by atoms with Crippen LogP contribution in [0.2, 0.25) is 0 Å². The first-order chi connectivity index (χ1) is 8.38. The molecule has 1 saturated heterocycles. The molecule has 1 aromatic rings. The van der Waals surface area contributed by atoms with Crippen LogP contribution in [-0.4, -0.2) is 37.7 Å². The summed E-state index contributed by atoms with van der Waals surface area (Å²) in [7, 11) is 0. The second-order valence-electron chi connectivity index (χ2n) is 4.46. The molecule has 1 aliphatic heterocycles. The highest BCUT2D eigenvalue weighted by Gasteiger charge is 2.09. The Labute approximate surface area is 116 Å². The predicted molar refractivity (Wildman–Crippen MR) is 77.6 cm³/mol. The van der Waals surface area contributed by atoms with Crippen LogP contribution >= 0.6 is 12.4 Å². The van der Waals surface area contributed by atoms with Gasteiger partial charge in [-0.25, -0.2) is 0 Å². The number of rotatable bonds is 4. The first-order valence-corrected chi connectivity index (χ1v) is 6.53. The van der Waals surface area contributed by atoms with E-state index in [1.54, 1.807) is 0 Å². The Bertz CT molecular complexity index is 338. The lowest BCUT2D eigenvalue weighted by Crippen LogP contribution is -2.27. The maximum absolute atomic E-state index is 5.53. The van der Waals surface area contributed by atoms with Crippen LogP contribution in [-0.2, 0) is 6.54 Å². The van der Waals surface area contributed by atoms with Crippen molar-refractivity contribution < 1.29 is 4.74 Å². The average Bonchev–Trinajstić information content (AvgIpc) is 2.59. The molecule has 0 saturated carbocycles. The standard InChI is InChI=1S/C14H22N2O.ClH/c1-2-17-14-6-3-5-13(11-14)12-16-9-4-7-15-8-10-16;/h3,5-6,11,15H,2,4,7-10,12H2,1H3;1H. The highest BCUT2D eigenvalue weighted by atomic mass is 35.5. The van der Waals surface area contributed by atoms with E-state index in [0.29, 0.717) is 0 Å². The van der Waals surface area contributed by atoms with E-state index in [1.807, 2.05) is 13.0 Å². The molecule has 1 aliphatic rings. The van der Waals surface area contributed by atoms with E-state index < -0.39 is 0 Å². The third-order valence-corrected chi connectivity index (χ3v) is 3.05. The molecule has 102 valence electrons. The van der Waals surface area contributed by atoms with Crippen LogP contribution < -0.4 is 10.1 Å². The van der Waals surface area contributed by atoms with Gasteiger partial charge in [0.05, 0.1) is 6.61 Å². The van der Waals surface area contributed by atoms with Gasteiger partial charge in [-0.1, -0.05) is 12.1 Å². The zero-order valence-corrected chi connectivity index (χ0v) is 11.8. The van der Waals surface area contributed by atoms with Gasteiger partial charge in [-0.15, -0.1) is 12.4 Å². The maximum Gasteiger partial charge on any atom is 0.119 e. The molecule has 3 nitrogen and oxygen atoms in total. The van der Waals surface area contributed by atoms with Gasteiger partial charge in [0.15, 0.2) is 0 Å². The van der Waals surface area contributed by atoms with Crippen LogP contribution in [0, 0.1) is 0 Å². The minimum absolute atomic E-state index is 0. The highest BCUT2D eigenvalue weighted by molar-refractivity contribution is 5.85. The molecule has 4 heteroatoms. The summed E-state index contributed by atoms with van der Waals surface area (Å²) in [6.07, 6.45) is 1.24. The third-order valence-electron chi connectivity index (χ3n) is 3.05. The molecule has 1 fully saturated rings. The van der Waals surface area contributed by atoms with Gasteiger partial charge in [0.25, 0.3) is 0 Å². The van der Waals surface area contributed by atoms with Crippen molar-refractivity contribution in [1.29, 1.82) is 0 Å². The molecule has 0 spiro atoms. The van der Waals surface area contributed by atoms with Crippen LogP contribution in [0.4, 0.5) is 0 Å². The highest BCUT2D eigenvalue weighted by Crippen LogP contribution is 2.15. The summed E-state index contributed by atoms with van der Waals surface area (Å²) < 4.78 is 5.53. The zero-order valence-electron chi connectivity index (χ0n) is 11.0. The fourth-order valence-electron chi connectivity index (χ4n) is 2.22. The molecule has 0 unspecified atom stereocenters. The molecule has 0 atom stereocenters. The Hall–Kier alpha value is -0.770. The number of ether oxygens (including phenoxy) is 1. The topological polar surface area (TPSA) is 24.5 Å². The molecule has 1 N–H and O–H groups in total. The second-order valence-corrected chi connectivity index (χ2v) is 4.46. The molecule has 0 aromatic heterocycles. The number of halogens is 1. The SMILES string of the molecule is CCOc1cccc(CN2CCCNCC2)c1.Cl. The largest absolute Gasteiger partial charge is 0.494 e. The van der Waals surface area contributed by atoms with Gasteiger partial charge in [-0.05, 0) is 44.1 Å². The fourth-order valence-corrected chi connectivity index (χ4v) is 2.22. The maximum atomic E-state index is 5.53. The summed E-state index contributed by atoms with van der Waals surface area (Å²) in [5, 5.41) is 3.43. The summed E-state index contributed by atoms with van der Waals surface area (Å²) in [6, 6.07) is 8.44. The first kappa shape index (κ1) is 15.3. The average molecular weight is 271 g/mol. The number of hydrogen-bond acceptors (Lipinski definition) is 3. The van der Waals surface area contributed by atoms with E-state index in [2.05, 4.69) is 28.4 Å². The Morgan fingerprint density at radius 1 is 1.28 bits per heavy atom. The molecule has 1 aromatic carbocycles. The Morgan fingerprint density at radius 2 is 2.17 bits per heavy atom. The predicted octanol–water partition coefficient (Wildman–Crippen LogP) is 2.30. The minimum atomic E-state index is 0. The van der Waals surface area contributed by atoms with Crippen molar-refractivity contribution in [3.63, 3.8) is 0 Å². The number of hydrogen-bond donors (Lipinski definition) is 1. The van der Waals surface area contributed by atoms with Gasteiger partial charge in [0.2, 0.25) is 0 Å². The van der Waals surface area contributed by atoms with E-state index in [4.69, 9.17) is 4.74 Å². The van der Waals surface area contributed by atoms with Crippen molar-refractivity contribution in [3.05, 3.63) is 29.8 Å². The fraction of sp³-hybridized carbons (Fsp3) is 0.571. The lowest BCUT2D eigenvalue weighted by molar-refractivity contribution is 0.283. The molecule has 0 aliphatic carbocycles. The van der Waals surface area contributed by atoms with Gasteiger partial charge in [-0.3, -0.25) is 4.90 Å². The zero-order chi connectivity index (χ0) is 11.9. The molecule has 0 bridgehead atoms. The Kier molecular flexibility index (Phi) is 7.09. The van der Waals surface area contributed by atoms with E-state index in [1.165, 1.54) is 18.5 Å². The Morgan fingerprint density at radius 3 is 3.00 bits per heavy atom. The normalized spacial score (nSPS) is 16.7. The van der Waals surface area contributed by atoms with Crippen LogP contribution in [0.25, 0.3) is 0 Å². The third kappa shape index (κ3) is 4.84. The van der Waals surface area contributed by atoms with Crippen LogP contribution in [0.1, 0.15) is 18.9 Å². The summed E-state index contributed by atoms with van der Waals surface area (Å²) >= 11 is 0. The van der Waals surface area contributed by atoms with E-state index >= 15 is 0 Å². The van der Waals surface area contributed by atoms with Gasteiger partial charge < -0.3 is 10.1 Å². The summed E-state index contributed by atoms with van der Waals surface area (Å²) in [5.74, 6) is 0.984. The Balaban J connectivity index is 0.00000162. The lowest BCUT2D eigenvalue weighted by atomic mass is 10.2. The van der Waals surface area contributed by atoms with Crippen molar-refractivity contribution >= 4 is 12.4 Å². The summed E-state index contributed by atoms with van der Waals surface area (Å²) in [6.45, 7) is 8.36. The van der Waals surface area contributed by atoms with E-state index in [0.717, 1.165) is 38.5 Å². The summed E-state index contributed by atoms with van der Waals surface area (Å²) in [5.41, 5.74) is 1.35. The van der Waals surface area contributed by atoms with Gasteiger partial charge in [0.1, 0.15) is 5.75 Å². The molecular weight excluding hydrogens is 248 g/mol. The summed E-state index contributed by atoms with van der Waals surface area (Å²) in [4.78, 5) is 2.51. The van der Waals surface area contributed by atoms with Crippen LogP contribution in [0.15, 0.2) is 24.3 Å². The van der Waals surface area contributed by atoms with Gasteiger partial charge >= 0.3 is 0 Å². The van der Waals surface area contributed by atoms with Crippen LogP contribution in [0.5, 0.6) is 5.75 Å². The van der Waals surface area contributed by atoms with E-state index in [9.17, 15) is 0 Å². The second kappa shape index (κ2) is 8.35. The number of benzene rings is 1. The minimum Gasteiger partial charge on any atom is -0.494 e. The van der Waals surface area contributed by atoms with Gasteiger partial charge in [-0.2, -0.15) is 0 Å². The molecule has 0 amide bonds. The molecular formula is C14H23ClN2O. The number of nitrogens with zero attached hydrogens (tertiary/aromatic N) is 1.